The van der Waals surface area contributed by atoms with Gasteiger partial charge in [-0.3, -0.25) is 14.5 Å². The van der Waals surface area contributed by atoms with E-state index in [1.807, 2.05) is 89.8 Å². The lowest BCUT2D eigenvalue weighted by atomic mass is 9.73. The predicted octanol–water partition coefficient (Wildman–Crippen LogP) is 6.39. The van der Waals surface area contributed by atoms with Crippen LogP contribution in [0.25, 0.3) is 11.1 Å². The van der Waals surface area contributed by atoms with Gasteiger partial charge in [0.2, 0.25) is 5.91 Å². The van der Waals surface area contributed by atoms with Crippen molar-refractivity contribution in [2.24, 2.45) is 0 Å². The fraction of sp³-hybridized carbons (Fsp3) is 0.316. The van der Waals surface area contributed by atoms with Gasteiger partial charge in [0.25, 0.3) is 5.91 Å². The second-order valence-electron chi connectivity index (χ2n) is 12.7. The molecule has 0 atom stereocenters. The number of nitrogens with zero attached hydrogens (tertiary/aromatic N) is 3. The Morgan fingerprint density at radius 3 is 2.09 bits per heavy atom. The molecule has 0 radical (unpaired) electrons. The van der Waals surface area contributed by atoms with Gasteiger partial charge in [-0.2, -0.15) is 13.2 Å². The van der Waals surface area contributed by atoms with E-state index in [9.17, 15) is 22.8 Å². The van der Waals surface area contributed by atoms with E-state index >= 15 is 0 Å². The second-order valence-corrected chi connectivity index (χ2v) is 12.7. The number of anilines is 1. The normalized spacial score (nSPS) is 17.0. The van der Waals surface area contributed by atoms with Gasteiger partial charge < -0.3 is 15.1 Å². The zero-order valence-corrected chi connectivity index (χ0v) is 26.1. The Morgan fingerprint density at radius 2 is 1.43 bits per heavy atom. The molecule has 6 nitrogen and oxygen atoms in total. The van der Waals surface area contributed by atoms with Crippen LogP contribution in [0.4, 0.5) is 18.9 Å². The van der Waals surface area contributed by atoms with Crippen molar-refractivity contribution in [3.05, 3.63) is 125 Å². The third kappa shape index (κ3) is 6.00. The number of nitrogens with one attached hydrogen (secondary N) is 1. The van der Waals surface area contributed by atoms with Gasteiger partial charge in [-0.05, 0) is 64.9 Å². The first kappa shape index (κ1) is 31.0. The molecule has 242 valence electrons. The molecule has 0 spiro atoms. The first-order chi connectivity index (χ1) is 22.7. The van der Waals surface area contributed by atoms with Crippen LogP contribution in [0.3, 0.4) is 0 Å². The molecule has 9 heteroatoms. The number of halogens is 3. The zero-order chi connectivity index (χ0) is 32.6. The molecule has 3 aliphatic rings. The number of rotatable bonds is 9. The fourth-order valence-corrected chi connectivity index (χ4v) is 7.56. The van der Waals surface area contributed by atoms with E-state index < -0.39 is 24.0 Å². The predicted molar refractivity (Wildman–Crippen MR) is 176 cm³/mol. The standard InChI is InChI=1S/C38H37F3N4O2/c39-38(40,41)26-42-36(47)37(33-13-6-4-11-30(33)31-12-5-7-14-34(31)37)17-8-18-43-19-21-44(22-20-43)29-16-15-28-25-45(35(46)32(28)23-29)24-27-9-2-1-3-10-27/h1-7,9-16,23H,8,17-22,24-26H2,(H,42,47). The van der Waals surface area contributed by atoms with Gasteiger partial charge in [0.15, 0.2) is 0 Å². The first-order valence-electron chi connectivity index (χ1n) is 16.2. The summed E-state index contributed by atoms with van der Waals surface area (Å²) in [6.45, 7) is 3.78. The minimum Gasteiger partial charge on any atom is -0.369 e. The van der Waals surface area contributed by atoms with Crippen molar-refractivity contribution >= 4 is 17.5 Å². The van der Waals surface area contributed by atoms with E-state index in [1.54, 1.807) is 0 Å². The highest BCUT2D eigenvalue weighted by atomic mass is 19.4. The van der Waals surface area contributed by atoms with Crippen LogP contribution in [0.1, 0.15) is 45.5 Å². The van der Waals surface area contributed by atoms with Gasteiger partial charge in [-0.1, -0.05) is 84.9 Å². The van der Waals surface area contributed by atoms with Crippen LogP contribution in [0.15, 0.2) is 97.1 Å². The Kier molecular flexibility index (Phi) is 8.26. The van der Waals surface area contributed by atoms with Crippen molar-refractivity contribution < 1.29 is 22.8 Å². The van der Waals surface area contributed by atoms with Crippen molar-refractivity contribution in [2.75, 3.05) is 44.2 Å². The van der Waals surface area contributed by atoms with Crippen molar-refractivity contribution in [3.8, 4) is 11.1 Å². The summed E-state index contributed by atoms with van der Waals surface area (Å²) in [6, 6.07) is 31.4. The Hall–Kier alpha value is -4.63. The van der Waals surface area contributed by atoms with Gasteiger partial charge in [0.05, 0.1) is 0 Å². The minimum absolute atomic E-state index is 0.0626. The molecule has 1 saturated heterocycles. The lowest BCUT2D eigenvalue weighted by molar-refractivity contribution is -0.141. The largest absolute Gasteiger partial charge is 0.405 e. The summed E-state index contributed by atoms with van der Waals surface area (Å²) in [5.41, 5.74) is 6.11. The van der Waals surface area contributed by atoms with E-state index in [-0.39, 0.29) is 5.91 Å². The molecule has 4 aromatic rings. The highest BCUT2D eigenvalue weighted by molar-refractivity contribution is 6.01. The molecule has 2 amide bonds. The van der Waals surface area contributed by atoms with E-state index in [2.05, 4.69) is 27.2 Å². The van der Waals surface area contributed by atoms with E-state index in [0.29, 0.717) is 25.9 Å². The summed E-state index contributed by atoms with van der Waals surface area (Å²) in [6.07, 6.45) is -3.45. The van der Waals surface area contributed by atoms with Crippen molar-refractivity contribution in [2.45, 2.75) is 37.5 Å². The second kappa shape index (κ2) is 12.5. The topological polar surface area (TPSA) is 55.9 Å². The van der Waals surface area contributed by atoms with Crippen molar-refractivity contribution in [1.82, 2.24) is 15.1 Å². The Labute approximate surface area is 272 Å². The summed E-state index contributed by atoms with van der Waals surface area (Å²) < 4.78 is 39.6. The van der Waals surface area contributed by atoms with Crippen molar-refractivity contribution in [1.29, 1.82) is 0 Å². The molecule has 0 aromatic heterocycles. The molecular weight excluding hydrogens is 601 g/mol. The number of carbonyl (C=O) groups is 2. The average molecular weight is 639 g/mol. The molecule has 47 heavy (non-hydrogen) atoms. The lowest BCUT2D eigenvalue weighted by Crippen LogP contribution is -2.48. The average Bonchev–Trinajstić information content (AvgIpc) is 3.55. The van der Waals surface area contributed by atoms with Crippen molar-refractivity contribution in [3.63, 3.8) is 0 Å². The van der Waals surface area contributed by atoms with Gasteiger partial charge in [0, 0.05) is 50.5 Å². The maximum Gasteiger partial charge on any atom is 0.405 e. The Morgan fingerprint density at radius 1 is 0.787 bits per heavy atom. The van der Waals surface area contributed by atoms with Crippen LogP contribution in [0.5, 0.6) is 0 Å². The smallest absolute Gasteiger partial charge is 0.369 e. The molecule has 1 N–H and O–H groups in total. The molecule has 1 fully saturated rings. The summed E-state index contributed by atoms with van der Waals surface area (Å²) in [7, 11) is 0. The lowest BCUT2D eigenvalue weighted by Gasteiger charge is -2.37. The third-order valence-electron chi connectivity index (χ3n) is 9.85. The van der Waals surface area contributed by atoms with Gasteiger partial charge in [-0.25, -0.2) is 0 Å². The Balaban J connectivity index is 1.00. The quantitative estimate of drug-likeness (QED) is 0.231. The molecule has 0 bridgehead atoms. The van der Waals surface area contributed by atoms with Gasteiger partial charge >= 0.3 is 6.18 Å². The van der Waals surface area contributed by atoms with Crippen LogP contribution >= 0.6 is 0 Å². The van der Waals surface area contributed by atoms with E-state index in [4.69, 9.17) is 0 Å². The number of amides is 2. The molecular formula is C38H37F3N4O2. The highest BCUT2D eigenvalue weighted by Gasteiger charge is 2.49. The maximum atomic E-state index is 13.8. The highest BCUT2D eigenvalue weighted by Crippen LogP contribution is 2.51. The summed E-state index contributed by atoms with van der Waals surface area (Å²) in [4.78, 5) is 33.6. The molecule has 0 saturated carbocycles. The van der Waals surface area contributed by atoms with Gasteiger partial charge in [0.1, 0.15) is 12.0 Å². The third-order valence-corrected chi connectivity index (χ3v) is 9.85. The van der Waals surface area contributed by atoms with E-state index in [1.165, 1.54) is 0 Å². The molecule has 2 aliphatic heterocycles. The number of hydrogen-bond acceptors (Lipinski definition) is 4. The molecule has 7 rings (SSSR count). The van der Waals surface area contributed by atoms with Crippen LogP contribution in [0, 0.1) is 0 Å². The van der Waals surface area contributed by atoms with Gasteiger partial charge in [-0.15, -0.1) is 0 Å². The number of alkyl halides is 3. The monoisotopic (exact) mass is 638 g/mol. The first-order valence-corrected chi connectivity index (χ1v) is 16.2. The number of fused-ring (bicyclic) bond motifs is 4. The van der Waals surface area contributed by atoms with Crippen LogP contribution in [-0.4, -0.2) is 67.1 Å². The molecule has 2 heterocycles. The number of benzene rings is 4. The van der Waals surface area contributed by atoms with Crippen LogP contribution in [-0.2, 0) is 23.3 Å². The fourth-order valence-electron chi connectivity index (χ4n) is 7.56. The molecule has 1 aliphatic carbocycles. The zero-order valence-electron chi connectivity index (χ0n) is 26.1. The minimum atomic E-state index is -4.50. The number of carbonyl (C=O) groups excluding carboxylic acids is 2. The number of hydrogen-bond donors (Lipinski definition) is 1. The molecule has 4 aromatic carbocycles. The SMILES string of the molecule is O=C1c2cc(N3CCN(CCCC4(C(=O)NCC(F)(F)F)c5ccccc5-c5ccccc54)CC3)ccc2CN1Cc1ccccc1. The van der Waals surface area contributed by atoms with Crippen LogP contribution in [0.2, 0.25) is 0 Å². The summed E-state index contributed by atoms with van der Waals surface area (Å²) >= 11 is 0. The Bertz CT molecular complexity index is 1740. The summed E-state index contributed by atoms with van der Waals surface area (Å²) in [5.74, 6) is -0.543. The maximum absolute atomic E-state index is 13.8. The molecule has 0 unspecified atom stereocenters. The van der Waals surface area contributed by atoms with E-state index in [0.717, 1.165) is 77.4 Å². The van der Waals surface area contributed by atoms with Crippen LogP contribution < -0.4 is 10.2 Å². The summed E-state index contributed by atoms with van der Waals surface area (Å²) in [5, 5.41) is 2.22. The number of piperazine rings is 1.